The average Bonchev–Trinajstić information content (AvgIpc) is 2.60. The molecule has 3 nitrogen and oxygen atoms in total. The van der Waals surface area contributed by atoms with Crippen LogP contribution in [-0.2, 0) is 6.54 Å². The van der Waals surface area contributed by atoms with Crippen molar-refractivity contribution in [2.75, 3.05) is 7.11 Å². The van der Waals surface area contributed by atoms with E-state index in [2.05, 4.69) is 36.4 Å². The number of nitrogens with one attached hydrogen (secondary N) is 1. The number of rotatable bonds is 3. The largest absolute Gasteiger partial charge is 0.497 e. The SMILES string of the molecule is COc1ccc2c(c1)[nH]c(=S)n2CCC(C)(C)C. The second kappa shape index (κ2) is 4.76. The third kappa shape index (κ3) is 2.75. The summed E-state index contributed by atoms with van der Waals surface area (Å²) in [5.74, 6) is 0.849. The van der Waals surface area contributed by atoms with E-state index in [9.17, 15) is 0 Å². The second-order valence-electron chi connectivity index (χ2n) is 5.78. The zero-order chi connectivity index (χ0) is 13.3. The molecule has 0 aliphatic heterocycles. The van der Waals surface area contributed by atoms with Gasteiger partial charge in [-0.05, 0) is 36.2 Å². The van der Waals surface area contributed by atoms with Crippen LogP contribution in [0.4, 0.5) is 0 Å². The first-order chi connectivity index (χ1) is 8.40. The van der Waals surface area contributed by atoms with Crippen LogP contribution < -0.4 is 4.74 Å². The van der Waals surface area contributed by atoms with Crippen LogP contribution in [0.3, 0.4) is 0 Å². The number of hydrogen-bond donors (Lipinski definition) is 1. The minimum Gasteiger partial charge on any atom is -0.497 e. The summed E-state index contributed by atoms with van der Waals surface area (Å²) in [7, 11) is 1.67. The summed E-state index contributed by atoms with van der Waals surface area (Å²) in [6, 6.07) is 6.01. The predicted molar refractivity (Wildman–Crippen MR) is 77.7 cm³/mol. The molecule has 0 saturated carbocycles. The summed E-state index contributed by atoms with van der Waals surface area (Å²) in [5.41, 5.74) is 2.49. The lowest BCUT2D eigenvalue weighted by Crippen LogP contribution is -2.10. The number of aromatic nitrogens is 2. The topological polar surface area (TPSA) is 29.9 Å². The number of ether oxygens (including phenoxy) is 1. The van der Waals surface area contributed by atoms with Gasteiger partial charge in [-0.1, -0.05) is 20.8 Å². The standard InChI is InChI=1S/C14H20N2OS/c1-14(2,3)7-8-16-12-6-5-10(17-4)9-11(12)15-13(16)18/h5-6,9H,7-8H2,1-4H3,(H,15,18). The van der Waals surface area contributed by atoms with Gasteiger partial charge in [-0.25, -0.2) is 0 Å². The van der Waals surface area contributed by atoms with Crippen molar-refractivity contribution in [2.24, 2.45) is 5.41 Å². The summed E-state index contributed by atoms with van der Waals surface area (Å²) in [5, 5.41) is 0. The molecule has 2 rings (SSSR count). The zero-order valence-corrected chi connectivity index (χ0v) is 12.2. The number of hydrogen-bond acceptors (Lipinski definition) is 2. The molecule has 0 saturated heterocycles. The summed E-state index contributed by atoms with van der Waals surface area (Å²) >= 11 is 5.39. The fourth-order valence-corrected chi connectivity index (χ4v) is 2.24. The molecule has 0 unspecified atom stereocenters. The minimum absolute atomic E-state index is 0.310. The molecule has 1 aromatic carbocycles. The first kappa shape index (κ1) is 13.1. The summed E-state index contributed by atoms with van der Waals surface area (Å²) in [4.78, 5) is 3.24. The van der Waals surface area contributed by atoms with Crippen molar-refractivity contribution >= 4 is 23.3 Å². The van der Waals surface area contributed by atoms with Crippen LogP contribution in [0.15, 0.2) is 18.2 Å². The highest BCUT2D eigenvalue weighted by Gasteiger charge is 2.12. The Morgan fingerprint density at radius 2 is 2.06 bits per heavy atom. The fourth-order valence-electron chi connectivity index (χ4n) is 1.94. The van der Waals surface area contributed by atoms with Gasteiger partial charge in [0.15, 0.2) is 4.77 Å². The Bertz CT molecular complexity index is 604. The highest BCUT2D eigenvalue weighted by atomic mass is 32.1. The number of fused-ring (bicyclic) bond motifs is 1. The third-order valence-electron chi connectivity index (χ3n) is 3.07. The molecule has 0 aliphatic carbocycles. The first-order valence-corrected chi connectivity index (χ1v) is 6.58. The molecule has 0 bridgehead atoms. The predicted octanol–water partition coefficient (Wildman–Crippen LogP) is 4.14. The number of H-pyrrole nitrogens is 1. The van der Waals surface area contributed by atoms with E-state index in [1.54, 1.807) is 7.11 Å². The summed E-state index contributed by atoms with van der Waals surface area (Å²) < 4.78 is 8.16. The van der Waals surface area contributed by atoms with Gasteiger partial charge in [0.05, 0.1) is 18.1 Å². The molecule has 0 radical (unpaired) electrons. The molecule has 1 aromatic heterocycles. The van der Waals surface area contributed by atoms with E-state index in [-0.39, 0.29) is 0 Å². The van der Waals surface area contributed by atoms with E-state index in [1.165, 1.54) is 0 Å². The van der Waals surface area contributed by atoms with Crippen molar-refractivity contribution in [3.8, 4) is 5.75 Å². The van der Waals surface area contributed by atoms with Crippen molar-refractivity contribution in [1.82, 2.24) is 9.55 Å². The molecule has 2 aromatic rings. The van der Waals surface area contributed by atoms with Crippen LogP contribution in [0.5, 0.6) is 5.75 Å². The van der Waals surface area contributed by atoms with Crippen molar-refractivity contribution in [3.05, 3.63) is 23.0 Å². The van der Waals surface area contributed by atoms with Crippen LogP contribution in [-0.4, -0.2) is 16.7 Å². The van der Waals surface area contributed by atoms with Gasteiger partial charge in [0.2, 0.25) is 0 Å². The molecule has 4 heteroatoms. The average molecular weight is 264 g/mol. The van der Waals surface area contributed by atoms with Gasteiger partial charge in [-0.3, -0.25) is 0 Å². The number of imidazole rings is 1. The minimum atomic E-state index is 0.310. The fraction of sp³-hybridized carbons (Fsp3) is 0.500. The lowest BCUT2D eigenvalue weighted by atomic mass is 9.92. The van der Waals surface area contributed by atoms with E-state index in [0.717, 1.165) is 34.5 Å². The molecule has 1 heterocycles. The first-order valence-electron chi connectivity index (χ1n) is 6.17. The Labute approximate surface area is 113 Å². The Balaban J connectivity index is 2.39. The van der Waals surface area contributed by atoms with Crippen molar-refractivity contribution in [2.45, 2.75) is 33.7 Å². The second-order valence-corrected chi connectivity index (χ2v) is 6.16. The van der Waals surface area contributed by atoms with Gasteiger partial charge >= 0.3 is 0 Å². The maximum Gasteiger partial charge on any atom is 0.178 e. The number of nitrogens with zero attached hydrogens (tertiary/aromatic N) is 1. The molecule has 18 heavy (non-hydrogen) atoms. The maximum absolute atomic E-state index is 5.39. The van der Waals surface area contributed by atoms with E-state index in [4.69, 9.17) is 17.0 Å². The van der Waals surface area contributed by atoms with E-state index < -0.39 is 0 Å². The highest BCUT2D eigenvalue weighted by molar-refractivity contribution is 7.71. The molecule has 1 N–H and O–H groups in total. The Morgan fingerprint density at radius 3 is 2.67 bits per heavy atom. The van der Waals surface area contributed by atoms with Crippen molar-refractivity contribution in [1.29, 1.82) is 0 Å². The Morgan fingerprint density at radius 1 is 1.33 bits per heavy atom. The van der Waals surface area contributed by atoms with Crippen LogP contribution in [0.2, 0.25) is 0 Å². The number of benzene rings is 1. The third-order valence-corrected chi connectivity index (χ3v) is 3.39. The molecule has 98 valence electrons. The normalized spacial score (nSPS) is 12.0. The van der Waals surface area contributed by atoms with E-state index >= 15 is 0 Å². The van der Waals surface area contributed by atoms with Crippen LogP contribution in [0.25, 0.3) is 11.0 Å². The van der Waals surface area contributed by atoms with Gasteiger partial charge in [0.1, 0.15) is 5.75 Å². The molecule has 0 amide bonds. The van der Waals surface area contributed by atoms with Crippen LogP contribution in [0, 0.1) is 10.2 Å². The lowest BCUT2D eigenvalue weighted by molar-refractivity contribution is 0.352. The Hall–Kier alpha value is -1.29. The van der Waals surface area contributed by atoms with Gasteiger partial charge in [-0.15, -0.1) is 0 Å². The van der Waals surface area contributed by atoms with Crippen LogP contribution in [0.1, 0.15) is 27.2 Å². The zero-order valence-electron chi connectivity index (χ0n) is 11.4. The van der Waals surface area contributed by atoms with Gasteiger partial charge in [0, 0.05) is 12.6 Å². The van der Waals surface area contributed by atoms with E-state index in [0.29, 0.717) is 5.41 Å². The maximum atomic E-state index is 5.39. The number of aryl methyl sites for hydroxylation is 1. The van der Waals surface area contributed by atoms with Crippen molar-refractivity contribution < 1.29 is 4.74 Å². The monoisotopic (exact) mass is 264 g/mol. The quantitative estimate of drug-likeness (QED) is 0.844. The number of methoxy groups -OCH3 is 1. The van der Waals surface area contributed by atoms with Gasteiger partial charge < -0.3 is 14.3 Å². The molecule has 0 fully saturated rings. The molecule has 0 atom stereocenters. The van der Waals surface area contributed by atoms with E-state index in [1.807, 2.05) is 12.1 Å². The van der Waals surface area contributed by atoms with Crippen LogP contribution >= 0.6 is 12.2 Å². The summed E-state index contributed by atoms with van der Waals surface area (Å²) in [6.45, 7) is 7.67. The molecule has 0 aliphatic rings. The summed E-state index contributed by atoms with van der Waals surface area (Å²) in [6.07, 6.45) is 1.10. The van der Waals surface area contributed by atoms with Crippen molar-refractivity contribution in [3.63, 3.8) is 0 Å². The molecule has 0 spiro atoms. The molecular formula is C14H20N2OS. The smallest absolute Gasteiger partial charge is 0.178 e. The molecular weight excluding hydrogens is 244 g/mol. The Kier molecular flexibility index (Phi) is 3.48. The highest BCUT2D eigenvalue weighted by Crippen LogP contribution is 2.24. The lowest BCUT2D eigenvalue weighted by Gasteiger charge is -2.18. The number of aromatic amines is 1. The van der Waals surface area contributed by atoms with Gasteiger partial charge in [0.25, 0.3) is 0 Å². The van der Waals surface area contributed by atoms with Gasteiger partial charge in [-0.2, -0.15) is 0 Å².